The van der Waals surface area contributed by atoms with Crippen LogP contribution in [-0.4, -0.2) is 51.2 Å². The molecule has 8 heteroatoms. The quantitative estimate of drug-likeness (QED) is 0.677. The van der Waals surface area contributed by atoms with E-state index in [1.807, 2.05) is 30.1 Å². The van der Waals surface area contributed by atoms with Gasteiger partial charge in [0.25, 0.3) is 0 Å². The Morgan fingerprint density at radius 1 is 1.32 bits per heavy atom. The second kappa shape index (κ2) is 8.53. The van der Waals surface area contributed by atoms with Crippen molar-refractivity contribution in [3.05, 3.63) is 65.5 Å². The zero-order chi connectivity index (χ0) is 19.3. The molecule has 1 unspecified atom stereocenters. The van der Waals surface area contributed by atoms with Crippen molar-refractivity contribution < 1.29 is 13.9 Å². The third-order valence-electron chi connectivity index (χ3n) is 4.90. The highest BCUT2D eigenvalue weighted by Crippen LogP contribution is 2.22. The number of aromatic amines is 1. The average molecular weight is 385 g/mol. The number of para-hydroxylation sites is 1. The van der Waals surface area contributed by atoms with E-state index < -0.39 is 0 Å². The second-order valence-corrected chi connectivity index (χ2v) is 6.89. The normalized spacial score (nSPS) is 17.7. The first-order chi connectivity index (χ1) is 13.7. The molecule has 4 rings (SSSR count). The Labute approximate surface area is 163 Å². The summed E-state index contributed by atoms with van der Waals surface area (Å²) >= 11 is 0. The number of morpholine rings is 1. The molecule has 1 aliphatic heterocycles. The second-order valence-electron chi connectivity index (χ2n) is 6.89. The van der Waals surface area contributed by atoms with E-state index >= 15 is 0 Å². The molecule has 0 bridgehead atoms. The van der Waals surface area contributed by atoms with Gasteiger partial charge in [0, 0.05) is 45.0 Å². The fourth-order valence-electron chi connectivity index (χ4n) is 3.32. The van der Waals surface area contributed by atoms with Crippen molar-refractivity contribution >= 4 is 0 Å². The summed E-state index contributed by atoms with van der Waals surface area (Å²) < 4.78 is 26.9. The number of halogens is 1. The van der Waals surface area contributed by atoms with Gasteiger partial charge in [-0.2, -0.15) is 10.2 Å². The lowest BCUT2D eigenvalue weighted by molar-refractivity contribution is -0.0356. The van der Waals surface area contributed by atoms with Crippen molar-refractivity contribution in [3.8, 4) is 5.75 Å². The SMILES string of the molecule is Cn1nccc1CN1CCOC(c2cc(CCOc3ccccc3F)[nH]n2)C1. The van der Waals surface area contributed by atoms with Crippen LogP contribution in [0.2, 0.25) is 0 Å². The summed E-state index contributed by atoms with van der Waals surface area (Å²) in [5.74, 6) is -0.0828. The van der Waals surface area contributed by atoms with Crippen LogP contribution in [0.4, 0.5) is 4.39 Å². The van der Waals surface area contributed by atoms with Crippen LogP contribution in [0.25, 0.3) is 0 Å². The number of aryl methyl sites for hydroxylation is 1. The monoisotopic (exact) mass is 385 g/mol. The highest BCUT2D eigenvalue weighted by Gasteiger charge is 2.24. The maximum atomic E-state index is 13.6. The molecule has 148 valence electrons. The van der Waals surface area contributed by atoms with Gasteiger partial charge in [-0.15, -0.1) is 0 Å². The van der Waals surface area contributed by atoms with Crippen LogP contribution in [0.15, 0.2) is 42.6 Å². The molecule has 28 heavy (non-hydrogen) atoms. The van der Waals surface area contributed by atoms with Gasteiger partial charge >= 0.3 is 0 Å². The third kappa shape index (κ3) is 4.40. The van der Waals surface area contributed by atoms with Crippen molar-refractivity contribution in [2.75, 3.05) is 26.3 Å². The van der Waals surface area contributed by atoms with Crippen LogP contribution in [0, 0.1) is 5.82 Å². The first-order valence-corrected chi connectivity index (χ1v) is 9.41. The molecule has 0 saturated carbocycles. The number of nitrogens with one attached hydrogen (secondary N) is 1. The first-order valence-electron chi connectivity index (χ1n) is 9.41. The van der Waals surface area contributed by atoms with E-state index in [0.717, 1.165) is 31.0 Å². The molecule has 2 aromatic heterocycles. The zero-order valence-electron chi connectivity index (χ0n) is 15.8. The lowest BCUT2D eigenvalue weighted by atomic mass is 10.2. The molecule has 3 heterocycles. The van der Waals surface area contributed by atoms with Crippen molar-refractivity contribution in [2.45, 2.75) is 19.1 Å². The van der Waals surface area contributed by atoms with Gasteiger partial charge in [0.1, 0.15) is 6.10 Å². The molecule has 1 fully saturated rings. The summed E-state index contributed by atoms with van der Waals surface area (Å²) in [7, 11) is 1.95. The molecule has 3 aromatic rings. The van der Waals surface area contributed by atoms with E-state index in [4.69, 9.17) is 9.47 Å². The van der Waals surface area contributed by atoms with Crippen LogP contribution in [-0.2, 0) is 24.8 Å². The predicted molar refractivity (Wildman–Crippen MR) is 101 cm³/mol. The largest absolute Gasteiger partial charge is 0.490 e. The molecular weight excluding hydrogens is 361 g/mol. The van der Waals surface area contributed by atoms with Crippen LogP contribution in [0.5, 0.6) is 5.75 Å². The Balaban J connectivity index is 1.30. The first kappa shape index (κ1) is 18.6. The number of rotatable bonds is 7. The Hall–Kier alpha value is -2.71. The Morgan fingerprint density at radius 3 is 3.04 bits per heavy atom. The van der Waals surface area contributed by atoms with E-state index in [1.54, 1.807) is 18.2 Å². The third-order valence-corrected chi connectivity index (χ3v) is 4.90. The van der Waals surface area contributed by atoms with Crippen LogP contribution < -0.4 is 4.74 Å². The summed E-state index contributed by atoms with van der Waals surface area (Å²) in [6, 6.07) is 10.5. The molecular formula is C20H24FN5O2. The van der Waals surface area contributed by atoms with Crippen molar-refractivity contribution in [2.24, 2.45) is 7.05 Å². The molecule has 0 aliphatic carbocycles. The highest BCUT2D eigenvalue weighted by atomic mass is 19.1. The van der Waals surface area contributed by atoms with E-state index in [9.17, 15) is 4.39 Å². The summed E-state index contributed by atoms with van der Waals surface area (Å²) in [5, 5.41) is 11.7. The minimum Gasteiger partial charge on any atom is -0.490 e. The van der Waals surface area contributed by atoms with Crippen LogP contribution >= 0.6 is 0 Å². The Bertz CT molecular complexity index is 909. The smallest absolute Gasteiger partial charge is 0.165 e. The summed E-state index contributed by atoms with van der Waals surface area (Å²) in [6.45, 7) is 3.54. The predicted octanol–water partition coefficient (Wildman–Crippen LogP) is 2.48. The molecule has 0 spiro atoms. The van der Waals surface area contributed by atoms with E-state index in [0.29, 0.717) is 19.6 Å². The van der Waals surface area contributed by atoms with E-state index in [2.05, 4.69) is 20.2 Å². The number of H-pyrrole nitrogens is 1. The fourth-order valence-corrected chi connectivity index (χ4v) is 3.32. The van der Waals surface area contributed by atoms with E-state index in [-0.39, 0.29) is 17.7 Å². The topological polar surface area (TPSA) is 68.2 Å². The van der Waals surface area contributed by atoms with Gasteiger partial charge in [-0.3, -0.25) is 14.7 Å². The number of aromatic nitrogens is 4. The van der Waals surface area contributed by atoms with Gasteiger partial charge in [-0.1, -0.05) is 12.1 Å². The molecule has 1 N–H and O–H groups in total. The summed E-state index contributed by atoms with van der Waals surface area (Å²) in [5.41, 5.74) is 3.00. The molecule has 1 saturated heterocycles. The molecule has 7 nitrogen and oxygen atoms in total. The van der Waals surface area contributed by atoms with Crippen molar-refractivity contribution in [1.29, 1.82) is 0 Å². The Kier molecular flexibility index (Phi) is 5.68. The van der Waals surface area contributed by atoms with Crippen LogP contribution in [0.1, 0.15) is 23.2 Å². The average Bonchev–Trinajstić information content (AvgIpc) is 3.33. The summed E-state index contributed by atoms with van der Waals surface area (Å²) in [4.78, 5) is 2.35. The maximum Gasteiger partial charge on any atom is 0.165 e. The molecule has 0 radical (unpaired) electrons. The number of hydrogen-bond acceptors (Lipinski definition) is 5. The van der Waals surface area contributed by atoms with Gasteiger partial charge in [0.15, 0.2) is 11.6 Å². The van der Waals surface area contributed by atoms with Crippen molar-refractivity contribution in [3.63, 3.8) is 0 Å². The minimum absolute atomic E-state index is 0.0699. The summed E-state index contributed by atoms with van der Waals surface area (Å²) in [6.07, 6.45) is 2.36. The lowest BCUT2D eigenvalue weighted by Gasteiger charge is -2.31. The number of hydrogen-bond donors (Lipinski definition) is 1. The van der Waals surface area contributed by atoms with Crippen molar-refractivity contribution in [1.82, 2.24) is 24.9 Å². The van der Waals surface area contributed by atoms with Gasteiger partial charge in [0.2, 0.25) is 0 Å². The number of nitrogens with zero attached hydrogens (tertiary/aromatic N) is 4. The van der Waals surface area contributed by atoms with E-state index in [1.165, 1.54) is 11.8 Å². The zero-order valence-corrected chi connectivity index (χ0v) is 15.8. The molecule has 1 aliphatic rings. The van der Waals surface area contributed by atoms with Gasteiger partial charge in [-0.25, -0.2) is 4.39 Å². The highest BCUT2D eigenvalue weighted by molar-refractivity contribution is 5.23. The minimum atomic E-state index is -0.350. The lowest BCUT2D eigenvalue weighted by Crippen LogP contribution is -2.38. The fraction of sp³-hybridized carbons (Fsp3) is 0.400. The Morgan fingerprint density at radius 2 is 2.21 bits per heavy atom. The standard InChI is InChI=1S/C20H24FN5O2/c1-25-16(6-8-22-25)13-26-9-11-28-20(14-26)18-12-15(23-24-18)7-10-27-19-5-3-2-4-17(19)21/h2-6,8,12,20H,7,9-11,13-14H2,1H3,(H,23,24). The van der Waals surface area contributed by atoms with Crippen LogP contribution in [0.3, 0.4) is 0 Å². The maximum absolute atomic E-state index is 13.6. The van der Waals surface area contributed by atoms with Gasteiger partial charge in [-0.05, 0) is 24.3 Å². The van der Waals surface area contributed by atoms with Gasteiger partial charge in [0.05, 0.1) is 24.6 Å². The van der Waals surface area contributed by atoms with Gasteiger partial charge < -0.3 is 9.47 Å². The number of ether oxygens (including phenoxy) is 2. The molecule has 1 aromatic carbocycles. The number of benzene rings is 1. The molecule has 0 amide bonds. The molecule has 1 atom stereocenters.